The van der Waals surface area contributed by atoms with Crippen molar-refractivity contribution < 1.29 is 14.3 Å². The zero-order valence-corrected chi connectivity index (χ0v) is 14.3. The predicted molar refractivity (Wildman–Crippen MR) is 83.3 cm³/mol. The molecule has 0 unspecified atom stereocenters. The molecule has 0 bridgehead atoms. The Labute approximate surface area is 129 Å². The van der Waals surface area contributed by atoms with Crippen LogP contribution in [-0.2, 0) is 4.74 Å². The first kappa shape index (κ1) is 16.8. The van der Waals surface area contributed by atoms with E-state index in [2.05, 4.69) is 21.2 Å². The van der Waals surface area contributed by atoms with Crippen LogP contribution in [0.1, 0.15) is 31.9 Å². The quantitative estimate of drug-likeness (QED) is 0.841. The zero-order valence-electron chi connectivity index (χ0n) is 12.7. The molecule has 0 aliphatic heterocycles. The van der Waals surface area contributed by atoms with Gasteiger partial charge in [0.05, 0.1) is 6.54 Å². The smallest absolute Gasteiger partial charge is 0.407 e. The van der Waals surface area contributed by atoms with E-state index in [4.69, 9.17) is 9.47 Å². The lowest BCUT2D eigenvalue weighted by Gasteiger charge is -2.19. The van der Waals surface area contributed by atoms with Crippen molar-refractivity contribution in [1.29, 1.82) is 0 Å². The topological polar surface area (TPSA) is 47.6 Å². The molecule has 0 saturated carbocycles. The van der Waals surface area contributed by atoms with Crippen molar-refractivity contribution in [2.75, 3.05) is 13.2 Å². The molecular formula is C15H22BrNO3. The van der Waals surface area contributed by atoms with E-state index in [1.54, 1.807) is 0 Å². The van der Waals surface area contributed by atoms with Gasteiger partial charge in [0.15, 0.2) is 0 Å². The van der Waals surface area contributed by atoms with Gasteiger partial charge in [0.2, 0.25) is 0 Å². The van der Waals surface area contributed by atoms with Gasteiger partial charge < -0.3 is 14.8 Å². The minimum Gasteiger partial charge on any atom is -0.491 e. The fourth-order valence-corrected chi connectivity index (χ4v) is 1.98. The van der Waals surface area contributed by atoms with Crippen LogP contribution >= 0.6 is 15.9 Å². The Hall–Kier alpha value is -1.23. The van der Waals surface area contributed by atoms with Crippen molar-refractivity contribution >= 4 is 22.0 Å². The van der Waals surface area contributed by atoms with E-state index in [1.165, 1.54) is 0 Å². The van der Waals surface area contributed by atoms with E-state index in [0.717, 1.165) is 21.3 Å². The number of nitrogens with one attached hydrogen (secondary N) is 1. The molecule has 20 heavy (non-hydrogen) atoms. The monoisotopic (exact) mass is 343 g/mol. The predicted octanol–water partition coefficient (Wildman–Crippen LogP) is 3.97. The van der Waals surface area contributed by atoms with Crippen molar-refractivity contribution in [3.05, 3.63) is 27.7 Å². The lowest BCUT2D eigenvalue weighted by atomic mass is 10.1. The Bertz CT molecular complexity index is 481. The summed E-state index contributed by atoms with van der Waals surface area (Å²) in [5, 5.41) is 2.66. The maximum Gasteiger partial charge on any atom is 0.407 e. The fraction of sp³-hybridized carbons (Fsp3) is 0.533. The number of rotatable bonds is 4. The van der Waals surface area contributed by atoms with E-state index < -0.39 is 11.7 Å². The van der Waals surface area contributed by atoms with Gasteiger partial charge in [-0.05, 0) is 57.9 Å². The number of halogens is 1. The summed E-state index contributed by atoms with van der Waals surface area (Å²) in [6, 6.07) is 3.87. The van der Waals surface area contributed by atoms with Gasteiger partial charge in [0.1, 0.15) is 18.0 Å². The molecule has 0 atom stereocenters. The summed E-state index contributed by atoms with van der Waals surface area (Å²) in [7, 11) is 0. The molecule has 112 valence electrons. The maximum absolute atomic E-state index is 11.4. The molecule has 0 saturated heterocycles. The summed E-state index contributed by atoms with van der Waals surface area (Å²) in [5.74, 6) is 0.830. The highest BCUT2D eigenvalue weighted by molar-refractivity contribution is 9.10. The Morgan fingerprint density at radius 3 is 2.50 bits per heavy atom. The van der Waals surface area contributed by atoms with E-state index in [-0.39, 0.29) is 0 Å². The molecule has 1 aromatic carbocycles. The highest BCUT2D eigenvalue weighted by atomic mass is 79.9. The van der Waals surface area contributed by atoms with E-state index in [0.29, 0.717) is 13.2 Å². The maximum atomic E-state index is 11.4. The first-order valence-corrected chi connectivity index (χ1v) is 7.35. The van der Waals surface area contributed by atoms with Crippen LogP contribution < -0.4 is 10.1 Å². The van der Waals surface area contributed by atoms with Gasteiger partial charge in [0.25, 0.3) is 0 Å². The summed E-state index contributed by atoms with van der Waals surface area (Å²) in [6.45, 7) is 10.3. The Morgan fingerprint density at radius 2 is 1.90 bits per heavy atom. The summed E-state index contributed by atoms with van der Waals surface area (Å²) in [6.07, 6.45) is -0.426. The number of hydrogen-bond acceptors (Lipinski definition) is 3. The van der Waals surface area contributed by atoms with Crippen molar-refractivity contribution in [2.45, 2.75) is 40.2 Å². The normalized spacial score (nSPS) is 11.1. The molecule has 5 heteroatoms. The second kappa shape index (κ2) is 6.97. The number of carbonyl (C=O) groups is 1. The minimum atomic E-state index is -0.482. The molecule has 0 radical (unpaired) electrons. The van der Waals surface area contributed by atoms with E-state index in [9.17, 15) is 4.79 Å². The van der Waals surface area contributed by atoms with Gasteiger partial charge >= 0.3 is 6.09 Å². The number of ether oxygens (including phenoxy) is 2. The fourth-order valence-electron chi connectivity index (χ4n) is 1.55. The highest BCUT2D eigenvalue weighted by Gasteiger charge is 2.15. The molecule has 1 amide bonds. The number of carbonyl (C=O) groups excluding carboxylic acids is 1. The molecule has 0 aliphatic carbocycles. The van der Waals surface area contributed by atoms with Crippen molar-refractivity contribution in [3.63, 3.8) is 0 Å². The van der Waals surface area contributed by atoms with Crippen molar-refractivity contribution in [3.8, 4) is 5.75 Å². The van der Waals surface area contributed by atoms with Crippen LogP contribution in [0.3, 0.4) is 0 Å². The minimum absolute atomic E-state index is 0.404. The highest BCUT2D eigenvalue weighted by Crippen LogP contribution is 2.27. The number of benzene rings is 1. The summed E-state index contributed by atoms with van der Waals surface area (Å²) in [5.41, 5.74) is 1.77. The molecule has 1 N–H and O–H groups in total. The Morgan fingerprint density at radius 1 is 1.25 bits per heavy atom. The van der Waals surface area contributed by atoms with Gasteiger partial charge in [-0.3, -0.25) is 0 Å². The molecule has 0 heterocycles. The van der Waals surface area contributed by atoms with Crippen molar-refractivity contribution in [2.24, 2.45) is 0 Å². The van der Waals surface area contributed by atoms with Gasteiger partial charge in [0, 0.05) is 4.47 Å². The second-order valence-electron chi connectivity index (χ2n) is 5.57. The van der Waals surface area contributed by atoms with Crippen LogP contribution in [-0.4, -0.2) is 24.8 Å². The summed E-state index contributed by atoms with van der Waals surface area (Å²) in [4.78, 5) is 11.4. The van der Waals surface area contributed by atoms with Crippen LogP contribution in [0.4, 0.5) is 4.79 Å². The number of amides is 1. The molecule has 1 rings (SSSR count). The first-order chi connectivity index (χ1) is 9.20. The third kappa shape index (κ3) is 5.41. The molecule has 0 aliphatic rings. The SMILES string of the molecule is Cc1c(Br)ccc(OCCNC(=O)OC(C)(C)C)c1C. The van der Waals surface area contributed by atoms with Crippen LogP contribution in [0, 0.1) is 13.8 Å². The molecule has 1 aromatic rings. The van der Waals surface area contributed by atoms with Gasteiger partial charge in [-0.15, -0.1) is 0 Å². The molecule has 0 fully saturated rings. The number of hydrogen-bond donors (Lipinski definition) is 1. The van der Waals surface area contributed by atoms with E-state index >= 15 is 0 Å². The van der Waals surface area contributed by atoms with E-state index in [1.807, 2.05) is 46.8 Å². The first-order valence-electron chi connectivity index (χ1n) is 6.56. The van der Waals surface area contributed by atoms with Crippen LogP contribution in [0.5, 0.6) is 5.75 Å². The largest absolute Gasteiger partial charge is 0.491 e. The van der Waals surface area contributed by atoms with Crippen LogP contribution in [0.15, 0.2) is 16.6 Å². The Balaban J connectivity index is 2.39. The van der Waals surface area contributed by atoms with Gasteiger partial charge in [-0.25, -0.2) is 4.79 Å². The average molecular weight is 344 g/mol. The molecular weight excluding hydrogens is 322 g/mol. The van der Waals surface area contributed by atoms with Gasteiger partial charge in [-0.2, -0.15) is 0 Å². The summed E-state index contributed by atoms with van der Waals surface area (Å²) >= 11 is 3.48. The van der Waals surface area contributed by atoms with Crippen molar-refractivity contribution in [1.82, 2.24) is 5.32 Å². The second-order valence-corrected chi connectivity index (χ2v) is 6.43. The third-order valence-electron chi connectivity index (χ3n) is 2.70. The lowest BCUT2D eigenvalue weighted by molar-refractivity contribution is 0.0520. The number of alkyl carbamates (subject to hydrolysis) is 1. The van der Waals surface area contributed by atoms with Crippen LogP contribution in [0.25, 0.3) is 0 Å². The Kier molecular flexibility index (Phi) is 5.87. The van der Waals surface area contributed by atoms with Crippen LogP contribution in [0.2, 0.25) is 0 Å². The lowest BCUT2D eigenvalue weighted by Crippen LogP contribution is -2.34. The average Bonchev–Trinajstić information content (AvgIpc) is 2.32. The third-order valence-corrected chi connectivity index (χ3v) is 3.56. The standard InChI is InChI=1S/C15H22BrNO3/c1-10-11(2)13(7-6-12(10)16)19-9-8-17-14(18)20-15(3,4)5/h6-7H,8-9H2,1-5H3,(H,17,18). The molecule has 0 spiro atoms. The zero-order chi connectivity index (χ0) is 15.3. The van der Waals surface area contributed by atoms with Gasteiger partial charge in [-0.1, -0.05) is 15.9 Å². The summed E-state index contributed by atoms with van der Waals surface area (Å²) < 4.78 is 11.9. The molecule has 0 aromatic heterocycles. The molecule has 4 nitrogen and oxygen atoms in total.